The quantitative estimate of drug-likeness (QED) is 0.378. The smallest absolute Gasteiger partial charge is 0.257 e. The first kappa shape index (κ1) is 20.8. The molecule has 31 heavy (non-hydrogen) atoms. The van der Waals surface area contributed by atoms with E-state index in [1.54, 1.807) is 7.11 Å². The van der Waals surface area contributed by atoms with Gasteiger partial charge in [0, 0.05) is 23.2 Å². The highest BCUT2D eigenvalue weighted by atomic mass is 32.2. The number of para-hydroxylation sites is 1. The molecule has 6 heteroatoms. The van der Waals surface area contributed by atoms with Crippen LogP contribution in [0.15, 0.2) is 94.6 Å². The second-order valence-corrected chi connectivity index (χ2v) is 7.69. The maximum atomic E-state index is 12.4. The van der Waals surface area contributed by atoms with Gasteiger partial charge in [0.1, 0.15) is 11.4 Å². The SMILES string of the molecule is COc1ccccc1CNC(=O)CSc1nc(-c2ccccc2)c(-c2ccccc2)o1. The molecule has 4 aromatic rings. The van der Waals surface area contributed by atoms with Crippen LogP contribution in [0.3, 0.4) is 0 Å². The Labute approximate surface area is 185 Å². The van der Waals surface area contributed by atoms with E-state index in [1.807, 2.05) is 84.9 Å². The number of hydrogen-bond donors (Lipinski definition) is 1. The number of carbonyl (C=O) groups is 1. The number of rotatable bonds is 8. The summed E-state index contributed by atoms with van der Waals surface area (Å²) in [6.45, 7) is 0.402. The standard InChI is InChI=1S/C25H22N2O3S/c1-29-21-15-9-8-14-20(21)16-26-22(28)17-31-25-27-23(18-10-4-2-5-11-18)24(30-25)19-12-6-3-7-13-19/h2-15H,16-17H2,1H3,(H,26,28). The van der Waals surface area contributed by atoms with Crippen LogP contribution in [0, 0.1) is 0 Å². The molecule has 0 atom stereocenters. The van der Waals surface area contributed by atoms with E-state index in [-0.39, 0.29) is 11.7 Å². The molecule has 0 unspecified atom stereocenters. The van der Waals surface area contributed by atoms with E-state index in [1.165, 1.54) is 11.8 Å². The topological polar surface area (TPSA) is 64.4 Å². The fourth-order valence-corrected chi connectivity index (χ4v) is 3.81. The fourth-order valence-electron chi connectivity index (χ4n) is 3.16. The summed E-state index contributed by atoms with van der Waals surface area (Å²) in [4.78, 5) is 17.0. The van der Waals surface area contributed by atoms with Gasteiger partial charge in [-0.2, -0.15) is 0 Å². The average Bonchev–Trinajstić information content (AvgIpc) is 3.27. The van der Waals surface area contributed by atoms with Gasteiger partial charge in [0.15, 0.2) is 5.76 Å². The van der Waals surface area contributed by atoms with Gasteiger partial charge in [-0.15, -0.1) is 0 Å². The third-order valence-electron chi connectivity index (χ3n) is 4.69. The van der Waals surface area contributed by atoms with Crippen molar-refractivity contribution in [1.29, 1.82) is 0 Å². The van der Waals surface area contributed by atoms with E-state index in [4.69, 9.17) is 9.15 Å². The largest absolute Gasteiger partial charge is 0.496 e. The van der Waals surface area contributed by atoms with Gasteiger partial charge in [0.2, 0.25) is 5.91 Å². The van der Waals surface area contributed by atoms with Crippen molar-refractivity contribution in [3.63, 3.8) is 0 Å². The van der Waals surface area contributed by atoms with Gasteiger partial charge >= 0.3 is 0 Å². The summed E-state index contributed by atoms with van der Waals surface area (Å²) in [6.07, 6.45) is 0. The van der Waals surface area contributed by atoms with Gasteiger partial charge in [-0.25, -0.2) is 4.98 Å². The van der Waals surface area contributed by atoms with Gasteiger partial charge in [-0.1, -0.05) is 90.6 Å². The second-order valence-electron chi connectivity index (χ2n) is 6.77. The Bertz CT molecular complexity index is 1090. The highest BCUT2D eigenvalue weighted by Crippen LogP contribution is 2.35. The highest BCUT2D eigenvalue weighted by Gasteiger charge is 2.18. The Balaban J connectivity index is 1.46. The van der Waals surface area contributed by atoms with Crippen LogP contribution in [0.2, 0.25) is 0 Å². The summed E-state index contributed by atoms with van der Waals surface area (Å²) < 4.78 is 11.4. The predicted molar refractivity (Wildman–Crippen MR) is 123 cm³/mol. The maximum Gasteiger partial charge on any atom is 0.257 e. The molecular weight excluding hydrogens is 408 g/mol. The lowest BCUT2D eigenvalue weighted by Gasteiger charge is -2.08. The zero-order chi connectivity index (χ0) is 21.5. The number of carbonyl (C=O) groups excluding carboxylic acids is 1. The molecule has 4 rings (SSSR count). The van der Waals surface area contributed by atoms with Crippen LogP contribution in [0.1, 0.15) is 5.56 Å². The molecule has 0 radical (unpaired) electrons. The first-order valence-electron chi connectivity index (χ1n) is 9.87. The zero-order valence-corrected chi connectivity index (χ0v) is 17.9. The molecule has 0 fully saturated rings. The Morgan fingerprint density at radius 2 is 1.58 bits per heavy atom. The van der Waals surface area contributed by atoms with Crippen LogP contribution >= 0.6 is 11.8 Å². The van der Waals surface area contributed by atoms with Gasteiger partial charge in [0.05, 0.1) is 12.9 Å². The number of thioether (sulfide) groups is 1. The molecule has 0 saturated heterocycles. The van der Waals surface area contributed by atoms with Crippen molar-refractivity contribution >= 4 is 17.7 Å². The maximum absolute atomic E-state index is 12.4. The summed E-state index contributed by atoms with van der Waals surface area (Å²) in [5.41, 5.74) is 3.61. The Morgan fingerprint density at radius 1 is 0.935 bits per heavy atom. The first-order valence-corrected chi connectivity index (χ1v) is 10.9. The Morgan fingerprint density at radius 3 is 2.29 bits per heavy atom. The molecule has 1 amide bonds. The van der Waals surface area contributed by atoms with E-state index in [0.717, 1.165) is 28.1 Å². The van der Waals surface area contributed by atoms with Crippen LogP contribution in [-0.2, 0) is 11.3 Å². The number of methoxy groups -OCH3 is 1. The van der Waals surface area contributed by atoms with Crippen LogP contribution in [0.25, 0.3) is 22.6 Å². The molecule has 0 spiro atoms. The lowest BCUT2D eigenvalue weighted by atomic mass is 10.1. The number of nitrogens with one attached hydrogen (secondary N) is 1. The minimum Gasteiger partial charge on any atom is -0.496 e. The van der Waals surface area contributed by atoms with Crippen molar-refractivity contribution < 1.29 is 13.9 Å². The van der Waals surface area contributed by atoms with Crippen LogP contribution in [-0.4, -0.2) is 23.8 Å². The van der Waals surface area contributed by atoms with Gasteiger partial charge in [-0.3, -0.25) is 4.79 Å². The molecular formula is C25H22N2O3S. The summed E-state index contributed by atoms with van der Waals surface area (Å²) in [5, 5.41) is 3.38. The molecule has 0 saturated carbocycles. The number of hydrogen-bond acceptors (Lipinski definition) is 5. The molecule has 0 aliphatic heterocycles. The molecule has 1 heterocycles. The molecule has 3 aromatic carbocycles. The first-order chi connectivity index (χ1) is 15.2. The van der Waals surface area contributed by atoms with Crippen molar-refractivity contribution in [2.24, 2.45) is 0 Å². The van der Waals surface area contributed by atoms with Gasteiger partial charge in [-0.05, 0) is 6.07 Å². The molecule has 156 valence electrons. The fraction of sp³-hybridized carbons (Fsp3) is 0.120. The van der Waals surface area contributed by atoms with Crippen molar-refractivity contribution in [2.75, 3.05) is 12.9 Å². The highest BCUT2D eigenvalue weighted by molar-refractivity contribution is 7.99. The lowest BCUT2D eigenvalue weighted by Crippen LogP contribution is -2.24. The summed E-state index contributed by atoms with van der Waals surface area (Å²) in [7, 11) is 1.62. The third-order valence-corrected chi connectivity index (χ3v) is 5.51. The lowest BCUT2D eigenvalue weighted by molar-refractivity contribution is -0.118. The average molecular weight is 431 g/mol. The van der Waals surface area contributed by atoms with E-state index < -0.39 is 0 Å². The van der Waals surface area contributed by atoms with Crippen LogP contribution in [0.4, 0.5) is 0 Å². The van der Waals surface area contributed by atoms with E-state index in [9.17, 15) is 4.79 Å². The number of amides is 1. The van der Waals surface area contributed by atoms with Crippen molar-refractivity contribution in [1.82, 2.24) is 10.3 Å². The minimum atomic E-state index is -0.100. The van der Waals surface area contributed by atoms with Crippen molar-refractivity contribution in [3.8, 4) is 28.3 Å². The van der Waals surface area contributed by atoms with E-state index in [2.05, 4.69) is 10.3 Å². The number of nitrogens with zero attached hydrogens (tertiary/aromatic N) is 1. The second kappa shape index (κ2) is 10.00. The summed E-state index contributed by atoms with van der Waals surface area (Å²) in [5.74, 6) is 1.56. The Hall–Kier alpha value is -3.51. The number of oxazole rings is 1. The van der Waals surface area contributed by atoms with Crippen molar-refractivity contribution in [2.45, 2.75) is 11.8 Å². The molecule has 1 aromatic heterocycles. The minimum absolute atomic E-state index is 0.100. The zero-order valence-electron chi connectivity index (χ0n) is 17.1. The molecule has 5 nitrogen and oxygen atoms in total. The number of ether oxygens (including phenoxy) is 1. The Kier molecular flexibility index (Phi) is 6.69. The van der Waals surface area contributed by atoms with Crippen LogP contribution < -0.4 is 10.1 Å². The molecule has 0 aliphatic carbocycles. The predicted octanol–water partition coefficient (Wildman–Crippen LogP) is 5.43. The van der Waals surface area contributed by atoms with E-state index >= 15 is 0 Å². The third kappa shape index (κ3) is 5.16. The summed E-state index contributed by atoms with van der Waals surface area (Å²) >= 11 is 1.28. The van der Waals surface area contributed by atoms with Crippen molar-refractivity contribution in [3.05, 3.63) is 90.5 Å². The number of aromatic nitrogens is 1. The van der Waals surface area contributed by atoms with Crippen LogP contribution in [0.5, 0.6) is 5.75 Å². The molecule has 1 N–H and O–H groups in total. The summed E-state index contributed by atoms with van der Waals surface area (Å²) in [6, 6.07) is 27.4. The number of benzene rings is 3. The monoisotopic (exact) mass is 430 g/mol. The molecule has 0 bridgehead atoms. The molecule has 0 aliphatic rings. The van der Waals surface area contributed by atoms with E-state index in [0.29, 0.717) is 17.5 Å². The van der Waals surface area contributed by atoms with Gasteiger partial charge in [0.25, 0.3) is 5.22 Å². The normalized spacial score (nSPS) is 10.6. The van der Waals surface area contributed by atoms with Gasteiger partial charge < -0.3 is 14.5 Å².